The van der Waals surface area contributed by atoms with Gasteiger partial charge in [0.1, 0.15) is 5.16 Å². The molecule has 88 valence electrons. The maximum Gasteiger partial charge on any atom is 0.343 e. The Labute approximate surface area is 90.8 Å². The molecule has 0 amide bonds. The van der Waals surface area contributed by atoms with E-state index in [9.17, 15) is 9.67 Å². The summed E-state index contributed by atoms with van der Waals surface area (Å²) < 4.78 is 23.0. The molecule has 5 heteroatoms. The van der Waals surface area contributed by atoms with Crippen LogP contribution in [-0.4, -0.2) is 29.6 Å². The van der Waals surface area contributed by atoms with Crippen LogP contribution in [0.25, 0.3) is 0 Å². The molecule has 1 N–H and O–H groups in total. The molecule has 2 unspecified atom stereocenters. The van der Waals surface area contributed by atoms with E-state index in [-0.39, 0.29) is 0 Å². The molecule has 0 radical (unpaired) electrons. The van der Waals surface area contributed by atoms with Crippen molar-refractivity contribution in [1.82, 2.24) is 0 Å². The summed E-state index contributed by atoms with van der Waals surface area (Å²) in [5.74, 6) is 0. The molecule has 1 saturated carbocycles. The van der Waals surface area contributed by atoms with Crippen molar-refractivity contribution in [2.45, 2.75) is 38.5 Å². The minimum atomic E-state index is -3.27. The molecule has 0 aliphatic heterocycles. The molecule has 0 aromatic rings. The highest BCUT2D eigenvalue weighted by Crippen LogP contribution is 2.74. The van der Waals surface area contributed by atoms with E-state index in [1.54, 1.807) is 20.8 Å². The Morgan fingerprint density at radius 2 is 1.93 bits per heavy atom. The van der Waals surface area contributed by atoms with Crippen LogP contribution in [0.1, 0.15) is 27.2 Å². The molecule has 0 aromatic heterocycles. The van der Waals surface area contributed by atoms with Crippen molar-refractivity contribution in [3.8, 4) is 0 Å². The van der Waals surface area contributed by atoms with Crippen LogP contribution in [0, 0.1) is 0 Å². The molecule has 0 aromatic carbocycles. The summed E-state index contributed by atoms with van der Waals surface area (Å²) in [6, 6.07) is 0. The van der Waals surface area contributed by atoms with Crippen LogP contribution in [0.15, 0.2) is 12.2 Å². The third kappa shape index (κ3) is 1.92. The van der Waals surface area contributed by atoms with Crippen molar-refractivity contribution < 1.29 is 18.7 Å². The predicted octanol–water partition coefficient (Wildman–Crippen LogP) is 2.33. The largest absolute Gasteiger partial charge is 0.392 e. The summed E-state index contributed by atoms with van der Waals surface area (Å²) in [7, 11) is -3.27. The monoisotopic (exact) mass is 234 g/mol. The van der Waals surface area contributed by atoms with Gasteiger partial charge in [0, 0.05) is 0 Å². The lowest BCUT2D eigenvalue weighted by molar-refractivity contribution is 0.147. The average Bonchev–Trinajstić information content (AvgIpc) is 2.80. The van der Waals surface area contributed by atoms with Crippen LogP contribution < -0.4 is 0 Å². The lowest BCUT2D eigenvalue weighted by atomic mass is 10.2. The van der Waals surface area contributed by atoms with Gasteiger partial charge in [-0.15, -0.1) is 0 Å². The zero-order chi connectivity index (χ0) is 11.7. The normalized spacial score (nSPS) is 27.9. The number of aliphatic hydroxyl groups excluding tert-OH is 1. The molecule has 2 atom stereocenters. The van der Waals surface area contributed by atoms with E-state index in [2.05, 4.69) is 6.58 Å². The topological polar surface area (TPSA) is 55.8 Å². The zero-order valence-electron chi connectivity index (χ0n) is 9.52. The van der Waals surface area contributed by atoms with Gasteiger partial charge in [0.05, 0.1) is 19.3 Å². The molecule has 0 spiro atoms. The molecular weight excluding hydrogens is 215 g/mol. The van der Waals surface area contributed by atoms with Crippen molar-refractivity contribution in [2.75, 3.05) is 13.2 Å². The zero-order valence-corrected chi connectivity index (χ0v) is 10.4. The summed E-state index contributed by atoms with van der Waals surface area (Å²) in [6.07, 6.45) is -0.240. The van der Waals surface area contributed by atoms with E-state index in [1.807, 2.05) is 0 Å². The molecule has 1 aliphatic carbocycles. The Hall–Kier alpha value is -0.150. The highest BCUT2D eigenvalue weighted by atomic mass is 31.2. The maximum absolute atomic E-state index is 12.5. The Morgan fingerprint density at radius 3 is 2.13 bits per heavy atom. The maximum atomic E-state index is 12.5. The summed E-state index contributed by atoms with van der Waals surface area (Å²) >= 11 is 0. The average molecular weight is 234 g/mol. The van der Waals surface area contributed by atoms with E-state index in [4.69, 9.17) is 9.05 Å². The van der Waals surface area contributed by atoms with Crippen LogP contribution in [-0.2, 0) is 13.6 Å². The van der Waals surface area contributed by atoms with Crippen molar-refractivity contribution >= 4 is 7.60 Å². The van der Waals surface area contributed by atoms with E-state index in [0.717, 1.165) is 5.57 Å². The smallest absolute Gasteiger partial charge is 0.343 e. The van der Waals surface area contributed by atoms with Crippen LogP contribution in [0.3, 0.4) is 0 Å². The number of hydrogen-bond acceptors (Lipinski definition) is 4. The second kappa shape index (κ2) is 4.38. The minimum absolute atomic E-state index is 0.305. The third-order valence-electron chi connectivity index (χ3n) is 2.75. The highest BCUT2D eigenvalue weighted by molar-refractivity contribution is 7.56. The van der Waals surface area contributed by atoms with Crippen LogP contribution >= 0.6 is 7.60 Å². The van der Waals surface area contributed by atoms with Gasteiger partial charge >= 0.3 is 7.60 Å². The fourth-order valence-electron chi connectivity index (χ4n) is 1.85. The second-order valence-electron chi connectivity index (χ2n) is 3.71. The quantitative estimate of drug-likeness (QED) is 0.566. The molecule has 0 heterocycles. The third-order valence-corrected chi connectivity index (χ3v) is 5.77. The van der Waals surface area contributed by atoms with Crippen LogP contribution in [0.4, 0.5) is 0 Å². The van der Waals surface area contributed by atoms with E-state index in [0.29, 0.717) is 19.6 Å². The Bertz CT molecular complexity index is 290. The fraction of sp³-hybridized carbons (Fsp3) is 0.800. The number of rotatable bonds is 6. The molecule has 1 fully saturated rings. The van der Waals surface area contributed by atoms with Crippen LogP contribution in [0.5, 0.6) is 0 Å². The first-order chi connectivity index (χ1) is 6.94. The second-order valence-corrected chi connectivity index (χ2v) is 6.02. The molecule has 1 aliphatic rings. The molecule has 1 rings (SSSR count). The first kappa shape index (κ1) is 12.9. The van der Waals surface area contributed by atoms with Crippen molar-refractivity contribution in [3.63, 3.8) is 0 Å². The summed E-state index contributed by atoms with van der Waals surface area (Å²) in [4.78, 5) is 0. The van der Waals surface area contributed by atoms with Gasteiger partial charge in [0.25, 0.3) is 0 Å². The minimum Gasteiger partial charge on any atom is -0.392 e. The van der Waals surface area contributed by atoms with E-state index in [1.165, 1.54) is 0 Å². The molecule has 4 nitrogen and oxygen atoms in total. The first-order valence-corrected chi connectivity index (χ1v) is 6.74. The SMILES string of the molecule is C=C1CC1(C(C)O)P(=O)(OCC)OCC. The number of aliphatic hydroxyl groups is 1. The van der Waals surface area contributed by atoms with Gasteiger partial charge in [0.15, 0.2) is 0 Å². The van der Waals surface area contributed by atoms with Crippen LogP contribution in [0.2, 0.25) is 0 Å². The van der Waals surface area contributed by atoms with Crippen molar-refractivity contribution in [3.05, 3.63) is 12.2 Å². The van der Waals surface area contributed by atoms with Gasteiger partial charge in [-0.2, -0.15) is 0 Å². The van der Waals surface area contributed by atoms with Gasteiger partial charge in [-0.25, -0.2) is 0 Å². The lowest BCUT2D eigenvalue weighted by Crippen LogP contribution is -2.28. The number of hydrogen-bond donors (Lipinski definition) is 1. The van der Waals surface area contributed by atoms with Crippen molar-refractivity contribution in [1.29, 1.82) is 0 Å². The molecule has 0 bridgehead atoms. The molecule has 0 saturated heterocycles. The van der Waals surface area contributed by atoms with Gasteiger partial charge in [-0.1, -0.05) is 12.2 Å². The Balaban J connectivity index is 2.98. The molecule has 15 heavy (non-hydrogen) atoms. The summed E-state index contributed by atoms with van der Waals surface area (Å²) in [5.41, 5.74) is 0.753. The molecular formula is C10H19O4P. The first-order valence-electron chi connectivity index (χ1n) is 5.20. The highest BCUT2D eigenvalue weighted by Gasteiger charge is 2.66. The van der Waals surface area contributed by atoms with Gasteiger partial charge in [0.2, 0.25) is 0 Å². The van der Waals surface area contributed by atoms with Gasteiger partial charge in [-0.3, -0.25) is 4.57 Å². The summed E-state index contributed by atoms with van der Waals surface area (Å²) in [6.45, 7) is 9.50. The Kier molecular flexibility index (Phi) is 3.77. The van der Waals surface area contributed by atoms with E-state index >= 15 is 0 Å². The standard InChI is InChI=1S/C10H19O4P/c1-5-13-15(12,14-6-2)10(9(4)11)7-8(10)3/h9,11H,3,5-7H2,1-2,4H3. The van der Waals surface area contributed by atoms with E-state index < -0.39 is 18.9 Å². The summed E-state index contributed by atoms with van der Waals surface area (Å²) in [5, 5.41) is 8.85. The van der Waals surface area contributed by atoms with Gasteiger partial charge in [-0.05, 0) is 27.2 Å². The van der Waals surface area contributed by atoms with Crippen molar-refractivity contribution in [2.24, 2.45) is 0 Å². The van der Waals surface area contributed by atoms with Gasteiger partial charge < -0.3 is 14.2 Å². The Morgan fingerprint density at radius 1 is 1.53 bits per heavy atom. The predicted molar refractivity (Wildman–Crippen MR) is 59.0 cm³/mol. The lowest BCUT2D eigenvalue weighted by Gasteiger charge is -2.27. The fourth-order valence-corrected chi connectivity index (χ4v) is 4.30.